The fourth-order valence-corrected chi connectivity index (χ4v) is 6.62. The summed E-state index contributed by atoms with van der Waals surface area (Å²) in [6.07, 6.45) is 1.63. The molecule has 1 aliphatic heterocycles. The maximum atomic E-state index is 13.7. The summed E-state index contributed by atoms with van der Waals surface area (Å²) in [6.45, 7) is 7.16. The molecule has 2 fully saturated rings. The molecule has 4 N–H and O–H groups in total. The molecule has 0 spiro atoms. The Kier molecular flexibility index (Phi) is 7.27. The van der Waals surface area contributed by atoms with E-state index < -0.39 is 19.8 Å². The lowest BCUT2D eigenvalue weighted by Crippen LogP contribution is -2.36. The Morgan fingerprint density at radius 3 is 2.67 bits per heavy atom. The number of carbonyl (C=O) groups excluding carboxylic acids is 1. The first kappa shape index (κ1) is 27.3. The average molecular weight is 560 g/mol. The van der Waals surface area contributed by atoms with Crippen LogP contribution in [0, 0.1) is 5.41 Å². The predicted molar refractivity (Wildman–Crippen MR) is 144 cm³/mol. The molecule has 3 aromatic rings. The summed E-state index contributed by atoms with van der Waals surface area (Å²) in [5.41, 5.74) is 6.98. The third-order valence-electron chi connectivity index (χ3n) is 6.94. The summed E-state index contributed by atoms with van der Waals surface area (Å²) in [5, 5.41) is 5.71. The molecule has 0 bridgehead atoms. The highest BCUT2D eigenvalue weighted by atomic mass is 31.2. The first-order valence-electron chi connectivity index (χ1n) is 12.8. The first-order chi connectivity index (χ1) is 18.5. The number of aromatic nitrogens is 4. The molecule has 13 nitrogen and oxygen atoms in total. The van der Waals surface area contributed by atoms with Gasteiger partial charge in [0, 0.05) is 12.5 Å². The molecule has 1 saturated carbocycles. The molecule has 14 heteroatoms. The van der Waals surface area contributed by atoms with Crippen molar-refractivity contribution in [1.82, 2.24) is 24.6 Å². The van der Waals surface area contributed by atoms with Crippen LogP contribution in [-0.4, -0.2) is 63.5 Å². The normalized spacial score (nSPS) is 26.2. The molecule has 39 heavy (non-hydrogen) atoms. The van der Waals surface area contributed by atoms with Crippen LogP contribution in [0.3, 0.4) is 0 Å². The molecule has 2 aromatic heterocycles. The number of hydrogen-bond donors (Lipinski definition) is 3. The maximum Gasteiger partial charge on any atom is 0.459 e. The Bertz CT molecular complexity index is 1400. The highest BCUT2D eigenvalue weighted by Gasteiger charge is 2.69. The summed E-state index contributed by atoms with van der Waals surface area (Å²) < 4.78 is 38.8. The maximum absolute atomic E-state index is 13.7. The van der Waals surface area contributed by atoms with Gasteiger partial charge in [0.2, 0.25) is 5.95 Å². The van der Waals surface area contributed by atoms with Crippen LogP contribution in [0.4, 0.5) is 11.8 Å². The van der Waals surface area contributed by atoms with Gasteiger partial charge in [-0.05, 0) is 39.3 Å². The van der Waals surface area contributed by atoms with E-state index >= 15 is 0 Å². The van der Waals surface area contributed by atoms with Gasteiger partial charge in [0.1, 0.15) is 11.8 Å². The molecule has 2 aliphatic rings. The number of rotatable bonds is 11. The number of nitrogen functional groups attached to an aromatic ring is 1. The number of carbonyl (C=O) groups is 1. The minimum atomic E-state index is -3.97. The number of anilines is 2. The van der Waals surface area contributed by atoms with Crippen molar-refractivity contribution < 1.29 is 27.9 Å². The van der Waals surface area contributed by atoms with Crippen molar-refractivity contribution in [2.45, 2.75) is 64.5 Å². The van der Waals surface area contributed by atoms with Crippen LogP contribution in [0.2, 0.25) is 0 Å². The van der Waals surface area contributed by atoms with Crippen LogP contribution in [-0.2, 0) is 23.4 Å². The minimum absolute atomic E-state index is 0.00552. The SMILES string of the molecule is CNc1nc(N)nc2c1ncn2C1[C@@H]2O[C@H](CO[P@@](=O)(N[C@H](C)C(=O)OC(C)C)Oc3ccccc3)C[C@@]12C. The van der Waals surface area contributed by atoms with E-state index in [0.29, 0.717) is 29.2 Å². The fraction of sp³-hybridized carbons (Fsp3) is 0.520. The number of fused-ring (bicyclic) bond motifs is 2. The van der Waals surface area contributed by atoms with Crippen molar-refractivity contribution in [1.29, 1.82) is 0 Å². The van der Waals surface area contributed by atoms with Gasteiger partial charge < -0.3 is 29.6 Å². The molecule has 1 aliphatic carbocycles. The standard InChI is InChI=1S/C25H34N7O6P/c1-14(2)36-23(33)15(3)31-39(34,38-16-9-7-6-8-10-16)35-12-17-11-25(4)19(20(25)37-17)32-13-28-18-21(27-5)29-24(26)30-22(18)32/h6-10,13-15,17,19-20H,11-12H2,1-5H3,(H,31,34)(H3,26,27,29,30)/t15-,17+,19?,20+,25+,39+/m1/s1. The Morgan fingerprint density at radius 1 is 1.28 bits per heavy atom. The fourth-order valence-electron chi connectivity index (χ4n) is 5.10. The van der Waals surface area contributed by atoms with Crippen LogP contribution in [0.5, 0.6) is 5.75 Å². The summed E-state index contributed by atoms with van der Waals surface area (Å²) in [4.78, 5) is 25.4. The highest BCUT2D eigenvalue weighted by Crippen LogP contribution is 2.66. The number of ether oxygens (including phenoxy) is 2. The van der Waals surface area contributed by atoms with E-state index in [-0.39, 0.29) is 42.3 Å². The summed E-state index contributed by atoms with van der Waals surface area (Å²) in [7, 11) is -2.21. The van der Waals surface area contributed by atoms with Crippen LogP contribution in [0.25, 0.3) is 11.2 Å². The van der Waals surface area contributed by atoms with Gasteiger partial charge in [-0.25, -0.2) is 9.55 Å². The van der Waals surface area contributed by atoms with Crippen LogP contribution < -0.4 is 20.7 Å². The number of nitrogens with zero attached hydrogens (tertiary/aromatic N) is 4. The largest absolute Gasteiger partial charge is 0.462 e. The van der Waals surface area contributed by atoms with Crippen molar-refractivity contribution in [2.75, 3.05) is 24.7 Å². The van der Waals surface area contributed by atoms with E-state index in [1.807, 2.05) is 10.6 Å². The number of imidazole rings is 1. The topological polar surface area (TPSA) is 165 Å². The van der Waals surface area contributed by atoms with Crippen LogP contribution in [0.15, 0.2) is 36.7 Å². The zero-order valence-electron chi connectivity index (χ0n) is 22.5. The number of hydrogen-bond acceptors (Lipinski definition) is 11. The molecule has 1 saturated heterocycles. The lowest BCUT2D eigenvalue weighted by molar-refractivity contribution is -0.149. The van der Waals surface area contributed by atoms with E-state index in [4.69, 9.17) is 24.3 Å². The Balaban J connectivity index is 1.26. The third-order valence-corrected chi connectivity index (χ3v) is 8.59. The van der Waals surface area contributed by atoms with Gasteiger partial charge in [-0.3, -0.25) is 9.32 Å². The number of nitrogens with one attached hydrogen (secondary N) is 2. The molecule has 6 atom stereocenters. The van der Waals surface area contributed by atoms with Crippen molar-refractivity contribution in [3.8, 4) is 5.75 Å². The van der Waals surface area contributed by atoms with Gasteiger partial charge in [0.25, 0.3) is 0 Å². The average Bonchev–Trinajstić information content (AvgIpc) is 3.16. The van der Waals surface area contributed by atoms with Crippen LogP contribution >= 0.6 is 7.75 Å². The van der Waals surface area contributed by atoms with Crippen molar-refractivity contribution in [2.24, 2.45) is 5.41 Å². The third kappa shape index (κ3) is 5.44. The molecule has 1 aromatic carbocycles. The molecule has 1 unspecified atom stereocenters. The molecule has 5 rings (SSSR count). The molecule has 3 heterocycles. The van der Waals surface area contributed by atoms with Crippen LogP contribution in [0.1, 0.15) is 40.2 Å². The van der Waals surface area contributed by atoms with Gasteiger partial charge >= 0.3 is 13.7 Å². The van der Waals surface area contributed by atoms with Gasteiger partial charge in [0.15, 0.2) is 17.0 Å². The smallest absolute Gasteiger partial charge is 0.459 e. The Morgan fingerprint density at radius 2 is 2.03 bits per heavy atom. The molecule has 210 valence electrons. The summed E-state index contributed by atoms with van der Waals surface area (Å²) in [6, 6.07) is 7.72. The van der Waals surface area contributed by atoms with E-state index in [9.17, 15) is 9.36 Å². The van der Waals surface area contributed by atoms with Gasteiger partial charge in [-0.1, -0.05) is 25.1 Å². The summed E-state index contributed by atoms with van der Waals surface area (Å²) in [5.74, 6) is 0.504. The van der Waals surface area contributed by atoms with E-state index in [0.717, 1.165) is 0 Å². The van der Waals surface area contributed by atoms with Crippen molar-refractivity contribution in [3.63, 3.8) is 0 Å². The molecular formula is C25H34N7O6P. The predicted octanol–water partition coefficient (Wildman–Crippen LogP) is 3.30. The minimum Gasteiger partial charge on any atom is -0.462 e. The second-order valence-electron chi connectivity index (χ2n) is 10.4. The quantitative estimate of drug-likeness (QED) is 0.232. The van der Waals surface area contributed by atoms with E-state index in [2.05, 4.69) is 32.3 Å². The van der Waals surface area contributed by atoms with Crippen molar-refractivity contribution in [3.05, 3.63) is 36.7 Å². The van der Waals surface area contributed by atoms with Gasteiger partial charge in [-0.15, -0.1) is 0 Å². The second kappa shape index (κ2) is 10.4. The molecular weight excluding hydrogens is 525 g/mol. The monoisotopic (exact) mass is 559 g/mol. The second-order valence-corrected chi connectivity index (χ2v) is 12.1. The number of benzene rings is 1. The molecule has 0 amide bonds. The zero-order valence-corrected chi connectivity index (χ0v) is 23.4. The van der Waals surface area contributed by atoms with Crippen molar-refractivity contribution >= 4 is 36.6 Å². The Labute approximate surface area is 226 Å². The lowest BCUT2D eigenvalue weighted by atomic mass is 10.0. The van der Waals surface area contributed by atoms with Gasteiger partial charge in [0.05, 0.1) is 37.3 Å². The summed E-state index contributed by atoms with van der Waals surface area (Å²) >= 11 is 0. The van der Waals surface area contributed by atoms with Gasteiger partial charge in [-0.2, -0.15) is 15.1 Å². The number of nitrogens with two attached hydrogens (primary N) is 1. The zero-order chi connectivity index (χ0) is 27.9. The number of para-hydroxylation sites is 1. The first-order valence-corrected chi connectivity index (χ1v) is 14.4. The number of esters is 1. The molecule has 0 radical (unpaired) electrons. The van der Waals surface area contributed by atoms with E-state index in [1.165, 1.54) is 0 Å². The lowest BCUT2D eigenvalue weighted by Gasteiger charge is -2.25. The van der Waals surface area contributed by atoms with E-state index in [1.54, 1.807) is 58.4 Å². The highest BCUT2D eigenvalue weighted by molar-refractivity contribution is 7.52. The Hall–Kier alpha value is -3.25.